The molecule has 0 amide bonds. The number of fused-ring (bicyclic) bond motifs is 1. The number of aliphatic hydroxyl groups is 2. The van der Waals surface area contributed by atoms with Crippen molar-refractivity contribution in [2.45, 2.75) is 82.3 Å². The van der Waals surface area contributed by atoms with E-state index in [0.717, 1.165) is 48.4 Å². The fourth-order valence-electron chi connectivity index (χ4n) is 9.24. The molecule has 3 aliphatic rings. The molecule has 63 heavy (non-hydrogen) atoms. The maximum absolute atomic E-state index is 14.5. The first-order valence-electron chi connectivity index (χ1n) is 22.6. The van der Waals surface area contributed by atoms with Crippen molar-refractivity contribution in [3.63, 3.8) is 0 Å². The van der Waals surface area contributed by atoms with Crippen molar-refractivity contribution in [1.82, 2.24) is 10.3 Å². The number of phenols is 1. The molecule has 4 aromatic carbocycles. The molecular weight excluding hydrogens is 795 g/mol. The number of methoxy groups -OCH3 is 1. The van der Waals surface area contributed by atoms with Gasteiger partial charge in [0.15, 0.2) is 17.3 Å². The highest BCUT2D eigenvalue weighted by molar-refractivity contribution is 6.04. The molecule has 11 heteroatoms. The number of anilines is 1. The predicted octanol–water partition coefficient (Wildman–Crippen LogP) is 8.73. The van der Waals surface area contributed by atoms with Crippen LogP contribution in [0.15, 0.2) is 91.0 Å². The minimum Gasteiger partial charge on any atom is -0.508 e. The number of nitrogens with zero attached hydrogens (tertiary/aromatic N) is 1. The minimum atomic E-state index is -0.801. The van der Waals surface area contributed by atoms with Gasteiger partial charge in [0.1, 0.15) is 29.0 Å². The number of benzene rings is 4. The van der Waals surface area contributed by atoms with Crippen LogP contribution in [0.25, 0.3) is 17.2 Å². The van der Waals surface area contributed by atoms with E-state index >= 15 is 0 Å². The van der Waals surface area contributed by atoms with Gasteiger partial charge < -0.3 is 49.5 Å². The molecule has 1 saturated carbocycles. The molecule has 0 bridgehead atoms. The smallest absolute Gasteiger partial charge is 0.204 e. The summed E-state index contributed by atoms with van der Waals surface area (Å²) in [4.78, 5) is 20.8. The summed E-state index contributed by atoms with van der Waals surface area (Å²) in [5.74, 6) is 2.33. The summed E-state index contributed by atoms with van der Waals surface area (Å²) >= 11 is 0. The number of ether oxygens (including phenoxy) is 4. The minimum absolute atomic E-state index is 0.0407. The largest absolute Gasteiger partial charge is 0.508 e. The number of carbonyl (C=O) groups is 1. The van der Waals surface area contributed by atoms with Crippen molar-refractivity contribution in [3.8, 4) is 39.9 Å². The molecule has 332 valence electrons. The van der Waals surface area contributed by atoms with Crippen LogP contribution in [-0.2, 0) is 18.3 Å². The van der Waals surface area contributed by atoms with Gasteiger partial charge in [0.2, 0.25) is 5.75 Å². The average molecular weight is 856 g/mol. The number of piperazine rings is 1. The fourth-order valence-corrected chi connectivity index (χ4v) is 9.24. The van der Waals surface area contributed by atoms with Gasteiger partial charge in [0.05, 0.1) is 32.8 Å². The number of phenolic OH excluding ortho intramolecular Hbond substituents is 1. The van der Waals surface area contributed by atoms with Gasteiger partial charge in [-0.2, -0.15) is 0 Å². The van der Waals surface area contributed by atoms with Gasteiger partial charge in [-0.3, -0.25) is 4.79 Å². The van der Waals surface area contributed by atoms with Crippen LogP contribution in [0.5, 0.6) is 28.7 Å². The summed E-state index contributed by atoms with van der Waals surface area (Å²) in [6.07, 6.45) is 8.72. The highest BCUT2D eigenvalue weighted by atomic mass is 16.5. The number of aryl methyl sites for hydroxylation is 1. The Balaban J connectivity index is 1.14. The molecule has 2 aliphatic heterocycles. The quantitative estimate of drug-likeness (QED) is 0.0543. The lowest BCUT2D eigenvalue weighted by atomic mass is 9.85. The molecule has 2 unspecified atom stereocenters. The van der Waals surface area contributed by atoms with Crippen molar-refractivity contribution in [2.75, 3.05) is 58.0 Å². The normalized spacial score (nSPS) is 17.7. The molecule has 5 N–H and O–H groups in total. The molecule has 0 spiro atoms. The van der Waals surface area contributed by atoms with E-state index in [1.165, 1.54) is 49.9 Å². The van der Waals surface area contributed by atoms with Crippen LogP contribution >= 0.6 is 0 Å². The Morgan fingerprint density at radius 1 is 0.921 bits per heavy atom. The number of Topliss-reactive ketones (excluding diaryl/α,β-unsaturated/α-hetero) is 1. The van der Waals surface area contributed by atoms with Gasteiger partial charge in [-0.1, -0.05) is 98.6 Å². The van der Waals surface area contributed by atoms with Crippen molar-refractivity contribution in [2.24, 2.45) is 0 Å². The number of aromatic amines is 1. The standard InChI is InChI=1S/C52H61N3O8/c1-52(23-6-7-24-52)45-33-42(51(54-45)55-27-25-53-26-28-55)38-13-8-12-36(32-38)15-21-41-47-46(43(59)34-44(63-47)37-16-19-39(57)20-17-37)49(50(60-2)48(41)61-30-9-29-56)62-31-22-40(58)18-14-35-10-4-3-5-11-35/h3-5,8,10-14,16-20,32-33,40,44,53-54,56-58H,6-7,9,15,21-31,34H2,1-2H3. The van der Waals surface area contributed by atoms with Gasteiger partial charge in [0.25, 0.3) is 0 Å². The zero-order valence-corrected chi connectivity index (χ0v) is 36.5. The van der Waals surface area contributed by atoms with Crippen LogP contribution in [0.1, 0.15) is 96.3 Å². The third kappa shape index (κ3) is 10.1. The highest BCUT2D eigenvalue weighted by Gasteiger charge is 2.38. The molecule has 2 atom stereocenters. The summed E-state index contributed by atoms with van der Waals surface area (Å²) in [5, 5.41) is 34.2. The number of ketones is 1. The fraction of sp³-hybridized carbons (Fsp3) is 0.404. The van der Waals surface area contributed by atoms with E-state index in [1.807, 2.05) is 36.4 Å². The molecule has 3 heterocycles. The number of nitrogens with one attached hydrogen (secondary N) is 2. The Morgan fingerprint density at radius 3 is 2.43 bits per heavy atom. The van der Waals surface area contributed by atoms with Gasteiger partial charge in [-0.25, -0.2) is 0 Å². The first-order valence-corrected chi connectivity index (χ1v) is 22.6. The molecule has 2 fully saturated rings. The average Bonchev–Trinajstić information content (AvgIpc) is 3.97. The second kappa shape index (κ2) is 20.2. The van der Waals surface area contributed by atoms with Crippen molar-refractivity contribution >= 4 is 17.7 Å². The van der Waals surface area contributed by atoms with Crippen molar-refractivity contribution in [1.29, 1.82) is 0 Å². The molecule has 0 radical (unpaired) electrons. The first-order chi connectivity index (χ1) is 30.7. The number of rotatable bonds is 18. The van der Waals surface area contributed by atoms with Crippen molar-refractivity contribution in [3.05, 3.63) is 125 Å². The number of H-pyrrole nitrogens is 1. The monoisotopic (exact) mass is 855 g/mol. The Bertz CT molecular complexity index is 2350. The SMILES string of the molecule is COc1c(OCCCO)c(CCc2cccc(-c3cc(C4(C)CCCC4)[nH]c3N3CCNCC3)c2)c2c(c1OCCC(O)C=Cc1ccccc1)C(=O)CC(c1ccc(O)cc1)O2. The van der Waals surface area contributed by atoms with Crippen LogP contribution < -0.4 is 29.2 Å². The van der Waals surface area contributed by atoms with E-state index in [2.05, 4.69) is 52.5 Å². The van der Waals surface area contributed by atoms with Gasteiger partial charge in [0, 0.05) is 67.9 Å². The van der Waals surface area contributed by atoms with Crippen LogP contribution in [0, 0.1) is 0 Å². The van der Waals surface area contributed by atoms with Crippen LogP contribution in [-0.4, -0.2) is 85.3 Å². The van der Waals surface area contributed by atoms with Gasteiger partial charge in [-0.05, 0) is 66.1 Å². The van der Waals surface area contributed by atoms with Crippen LogP contribution in [0.3, 0.4) is 0 Å². The summed E-state index contributed by atoms with van der Waals surface area (Å²) in [7, 11) is 1.53. The maximum Gasteiger partial charge on any atom is 0.204 e. The third-order valence-electron chi connectivity index (χ3n) is 12.8. The van der Waals surface area contributed by atoms with E-state index in [1.54, 1.807) is 30.3 Å². The zero-order valence-electron chi connectivity index (χ0n) is 36.5. The van der Waals surface area contributed by atoms with E-state index < -0.39 is 12.2 Å². The molecule has 1 saturated heterocycles. The lowest BCUT2D eigenvalue weighted by Gasteiger charge is -2.31. The van der Waals surface area contributed by atoms with E-state index in [4.69, 9.17) is 18.9 Å². The first kappa shape index (κ1) is 43.9. The second-order valence-electron chi connectivity index (χ2n) is 17.2. The molecule has 1 aromatic heterocycles. The highest BCUT2D eigenvalue weighted by Crippen LogP contribution is 2.53. The van der Waals surface area contributed by atoms with E-state index in [-0.39, 0.29) is 66.7 Å². The lowest BCUT2D eigenvalue weighted by molar-refractivity contribution is 0.0835. The summed E-state index contributed by atoms with van der Waals surface area (Å²) < 4.78 is 25.8. The molecule has 11 nitrogen and oxygen atoms in total. The number of carbonyl (C=O) groups excluding carboxylic acids is 1. The molecule has 8 rings (SSSR count). The molecule has 5 aromatic rings. The summed E-state index contributed by atoms with van der Waals surface area (Å²) in [6.45, 7) is 6.35. The second-order valence-corrected chi connectivity index (χ2v) is 17.2. The lowest BCUT2D eigenvalue weighted by Crippen LogP contribution is -2.43. The van der Waals surface area contributed by atoms with Crippen LogP contribution in [0.4, 0.5) is 5.82 Å². The Hall–Kier alpha value is -5.75. The Labute approximate surface area is 370 Å². The number of hydrogen-bond acceptors (Lipinski definition) is 10. The molecular formula is C52H61N3O8. The zero-order chi connectivity index (χ0) is 43.8. The summed E-state index contributed by atoms with van der Waals surface area (Å²) in [6, 6.07) is 27.6. The number of aliphatic hydroxyl groups excluding tert-OH is 2. The van der Waals surface area contributed by atoms with Gasteiger partial charge in [-0.15, -0.1) is 0 Å². The van der Waals surface area contributed by atoms with E-state index in [9.17, 15) is 20.1 Å². The van der Waals surface area contributed by atoms with Gasteiger partial charge >= 0.3 is 0 Å². The Kier molecular flexibility index (Phi) is 14.1. The van der Waals surface area contributed by atoms with E-state index in [0.29, 0.717) is 36.3 Å². The number of aromatic nitrogens is 1. The topological polar surface area (TPSA) is 146 Å². The third-order valence-corrected chi connectivity index (χ3v) is 12.8. The maximum atomic E-state index is 14.5. The van der Waals surface area contributed by atoms with Crippen LogP contribution in [0.2, 0.25) is 0 Å². The number of hydrogen-bond donors (Lipinski definition) is 5. The van der Waals surface area contributed by atoms with Crippen molar-refractivity contribution < 1.29 is 39.1 Å². The molecule has 1 aliphatic carbocycles. The number of aromatic hydroxyl groups is 1. The Morgan fingerprint density at radius 2 is 1.68 bits per heavy atom. The predicted molar refractivity (Wildman–Crippen MR) is 247 cm³/mol. The summed E-state index contributed by atoms with van der Waals surface area (Å²) in [5.41, 5.74) is 7.56.